The van der Waals surface area contributed by atoms with Crippen LogP contribution in [0.4, 0.5) is 0 Å². The Kier molecular flexibility index (Phi) is 8.76. The van der Waals surface area contributed by atoms with E-state index < -0.39 is 27.9 Å². The first-order chi connectivity index (χ1) is 14.6. The van der Waals surface area contributed by atoms with Crippen molar-refractivity contribution in [3.8, 4) is 0 Å². The van der Waals surface area contributed by atoms with Crippen molar-refractivity contribution in [2.45, 2.75) is 64.5 Å². The van der Waals surface area contributed by atoms with Gasteiger partial charge in [-0.1, -0.05) is 32.9 Å². The van der Waals surface area contributed by atoms with Crippen LogP contribution in [0.15, 0.2) is 51.9 Å². The molecule has 0 unspecified atom stereocenters. The maximum Gasteiger partial charge on any atom is 0.328 e. The Balaban J connectivity index is 2.28. The molecule has 1 aliphatic heterocycles. The quantitative estimate of drug-likeness (QED) is 0.557. The molecule has 0 saturated heterocycles. The van der Waals surface area contributed by atoms with Gasteiger partial charge in [0.2, 0.25) is 0 Å². The number of carbonyl (C=O) groups excluding carboxylic acids is 2. The summed E-state index contributed by atoms with van der Waals surface area (Å²) in [6, 6.07) is 5.68. The zero-order chi connectivity index (χ0) is 23.2. The molecule has 1 amide bonds. The summed E-state index contributed by atoms with van der Waals surface area (Å²) in [6.07, 6.45) is 2.18. The largest absolute Gasteiger partial charge is 0.461 e. The number of benzene rings is 1. The topological polar surface area (TPSA) is 92.8 Å². The number of sulfonamides is 1. The van der Waals surface area contributed by atoms with Crippen LogP contribution in [0.3, 0.4) is 0 Å². The van der Waals surface area contributed by atoms with Gasteiger partial charge in [0.15, 0.2) is 0 Å². The molecule has 1 aromatic carbocycles. The number of hydrogen-bond donors (Lipinski definition) is 1. The third-order valence-corrected chi connectivity index (χ3v) is 6.80. The minimum atomic E-state index is -3.99. The average Bonchev–Trinajstić information content (AvgIpc) is 2.72. The highest BCUT2D eigenvalue weighted by Crippen LogP contribution is 2.28. The number of nitrogens with zero attached hydrogens (tertiary/aromatic N) is 1. The van der Waals surface area contributed by atoms with Crippen molar-refractivity contribution in [3.05, 3.63) is 52.5 Å². The van der Waals surface area contributed by atoms with Crippen LogP contribution in [0.5, 0.6) is 0 Å². The van der Waals surface area contributed by atoms with Gasteiger partial charge < -0.3 is 10.1 Å². The monoisotopic (exact) mass is 466 g/mol. The van der Waals surface area contributed by atoms with Gasteiger partial charge in [0.05, 0.1) is 11.0 Å². The molecule has 1 heterocycles. The summed E-state index contributed by atoms with van der Waals surface area (Å²) in [4.78, 5) is 25.6. The van der Waals surface area contributed by atoms with E-state index in [4.69, 9.17) is 4.74 Å². The Morgan fingerprint density at radius 1 is 1.13 bits per heavy atom. The highest BCUT2D eigenvalue weighted by atomic mass is 32.2. The van der Waals surface area contributed by atoms with E-state index in [9.17, 15) is 18.0 Å². The molecule has 1 aliphatic rings. The van der Waals surface area contributed by atoms with Crippen LogP contribution in [0.1, 0.15) is 46.6 Å². The lowest BCUT2D eigenvalue weighted by Gasteiger charge is -2.27. The van der Waals surface area contributed by atoms with E-state index >= 15 is 0 Å². The molecule has 2 rings (SSSR count). The second kappa shape index (κ2) is 10.9. The van der Waals surface area contributed by atoms with Gasteiger partial charge in [0.1, 0.15) is 11.7 Å². The van der Waals surface area contributed by atoms with Gasteiger partial charge in [0, 0.05) is 11.6 Å². The van der Waals surface area contributed by atoms with Gasteiger partial charge in [-0.3, -0.25) is 4.79 Å². The average molecular weight is 467 g/mol. The normalized spacial score (nSPS) is 15.1. The molecular formula is C22H30N2O5S2. The molecule has 0 saturated carbocycles. The Hall–Kier alpha value is -2.26. The van der Waals surface area contributed by atoms with Crippen molar-refractivity contribution in [1.29, 1.82) is 0 Å². The Morgan fingerprint density at radius 2 is 1.77 bits per heavy atom. The van der Waals surface area contributed by atoms with Gasteiger partial charge in [-0.25, -0.2) is 17.5 Å². The van der Waals surface area contributed by atoms with Crippen LogP contribution in [-0.2, 0) is 30.8 Å². The van der Waals surface area contributed by atoms with Gasteiger partial charge in [-0.05, 0) is 55.7 Å². The molecule has 1 N–H and O–H groups in total. The molecule has 31 heavy (non-hydrogen) atoms. The molecule has 0 spiro atoms. The highest BCUT2D eigenvalue weighted by Gasteiger charge is 2.33. The van der Waals surface area contributed by atoms with Gasteiger partial charge in [-0.15, -0.1) is 11.8 Å². The zero-order valence-electron chi connectivity index (χ0n) is 18.5. The van der Waals surface area contributed by atoms with E-state index in [0.29, 0.717) is 6.42 Å². The maximum absolute atomic E-state index is 13.2. The number of aryl methyl sites for hydroxylation is 1. The van der Waals surface area contributed by atoms with Gasteiger partial charge in [-0.2, -0.15) is 0 Å². The van der Waals surface area contributed by atoms with Crippen LogP contribution in [0.2, 0.25) is 0 Å². The van der Waals surface area contributed by atoms with E-state index in [1.165, 1.54) is 35.5 Å². The lowest BCUT2D eigenvalue weighted by Crippen LogP contribution is -2.46. The SMILES string of the molecule is CCc1ccc(S(=O)(=O)N2C=CSC=C2C(=O)N[C@@H](CC(C)C)C(=O)OC(C)C)cc1. The fourth-order valence-corrected chi connectivity index (χ4v) is 5.02. The third kappa shape index (κ3) is 6.61. The van der Waals surface area contributed by atoms with E-state index in [1.807, 2.05) is 20.8 Å². The van der Waals surface area contributed by atoms with Crippen molar-refractivity contribution in [2.75, 3.05) is 0 Å². The van der Waals surface area contributed by atoms with Crippen LogP contribution >= 0.6 is 11.8 Å². The number of esters is 1. The first-order valence-electron chi connectivity index (χ1n) is 10.2. The first kappa shape index (κ1) is 25.0. The van der Waals surface area contributed by atoms with Crippen molar-refractivity contribution in [3.63, 3.8) is 0 Å². The summed E-state index contributed by atoms with van der Waals surface area (Å²) < 4.78 is 32.6. The lowest BCUT2D eigenvalue weighted by atomic mass is 10.0. The minimum absolute atomic E-state index is 0.0711. The van der Waals surface area contributed by atoms with Crippen molar-refractivity contribution in [1.82, 2.24) is 9.62 Å². The van der Waals surface area contributed by atoms with Crippen molar-refractivity contribution >= 4 is 33.7 Å². The summed E-state index contributed by atoms with van der Waals surface area (Å²) >= 11 is 1.19. The number of hydrogen-bond acceptors (Lipinski definition) is 6. The van der Waals surface area contributed by atoms with Gasteiger partial charge in [0.25, 0.3) is 15.9 Å². The molecule has 1 aromatic rings. The maximum atomic E-state index is 13.2. The molecule has 170 valence electrons. The van der Waals surface area contributed by atoms with E-state index in [-0.39, 0.29) is 22.6 Å². The standard InChI is InChI=1S/C22H30N2O5S2/c1-6-17-7-9-18(10-8-17)31(27,28)24-11-12-30-14-20(24)21(25)23-19(13-15(2)3)22(26)29-16(4)5/h7-12,14-16,19H,6,13H2,1-5H3,(H,23,25)/t19-/m0/s1. The second-order valence-electron chi connectivity index (χ2n) is 7.86. The number of thioether (sulfide) groups is 1. The molecule has 0 aromatic heterocycles. The fourth-order valence-electron chi connectivity index (χ4n) is 2.93. The van der Waals surface area contributed by atoms with Crippen LogP contribution in [0.25, 0.3) is 0 Å². The van der Waals surface area contributed by atoms with E-state index in [1.54, 1.807) is 31.4 Å². The Bertz CT molecular complexity index is 951. The summed E-state index contributed by atoms with van der Waals surface area (Å²) in [5.41, 5.74) is 0.940. The van der Waals surface area contributed by atoms with Crippen molar-refractivity contribution in [2.24, 2.45) is 5.92 Å². The predicted octanol–water partition coefficient (Wildman–Crippen LogP) is 3.78. The first-order valence-corrected chi connectivity index (χ1v) is 12.6. The second-order valence-corrected chi connectivity index (χ2v) is 10.5. The van der Waals surface area contributed by atoms with E-state index in [0.717, 1.165) is 16.3 Å². The number of ether oxygens (including phenoxy) is 1. The Morgan fingerprint density at radius 3 is 2.32 bits per heavy atom. The molecule has 0 radical (unpaired) electrons. The van der Waals surface area contributed by atoms with Gasteiger partial charge >= 0.3 is 5.97 Å². The zero-order valence-corrected chi connectivity index (χ0v) is 20.1. The summed E-state index contributed by atoms with van der Waals surface area (Å²) in [5.74, 6) is -1.07. The molecule has 0 aliphatic carbocycles. The fraction of sp³-hybridized carbons (Fsp3) is 0.455. The molecule has 1 atom stereocenters. The smallest absolute Gasteiger partial charge is 0.328 e. The number of carbonyl (C=O) groups is 2. The van der Waals surface area contributed by atoms with Crippen LogP contribution in [-0.4, -0.2) is 36.7 Å². The number of rotatable bonds is 9. The number of amides is 1. The van der Waals surface area contributed by atoms with E-state index in [2.05, 4.69) is 5.32 Å². The minimum Gasteiger partial charge on any atom is -0.461 e. The number of nitrogens with one attached hydrogen (secondary N) is 1. The summed E-state index contributed by atoms with van der Waals surface area (Å²) in [6.45, 7) is 9.30. The van der Waals surface area contributed by atoms with Crippen LogP contribution < -0.4 is 5.32 Å². The lowest BCUT2D eigenvalue weighted by molar-refractivity contribution is -0.151. The van der Waals surface area contributed by atoms with Crippen LogP contribution in [0, 0.1) is 5.92 Å². The predicted molar refractivity (Wildman–Crippen MR) is 122 cm³/mol. The van der Waals surface area contributed by atoms with Crippen molar-refractivity contribution < 1.29 is 22.7 Å². The molecule has 9 heteroatoms. The Labute approximate surface area is 189 Å². The summed E-state index contributed by atoms with van der Waals surface area (Å²) in [7, 11) is -3.99. The summed E-state index contributed by atoms with van der Waals surface area (Å²) in [5, 5.41) is 5.69. The third-order valence-electron chi connectivity index (χ3n) is 4.46. The molecule has 0 bridgehead atoms. The molecule has 7 nitrogen and oxygen atoms in total. The highest BCUT2D eigenvalue weighted by molar-refractivity contribution is 8.05. The molecule has 0 fully saturated rings. The molecular weight excluding hydrogens is 436 g/mol.